The Morgan fingerprint density at radius 2 is 1.76 bits per heavy atom. The normalized spacial score (nSPS) is 12.3. The van der Waals surface area contributed by atoms with E-state index in [9.17, 15) is 0 Å². The van der Waals surface area contributed by atoms with Crippen molar-refractivity contribution in [1.82, 2.24) is 5.32 Å². The second-order valence-electron chi connectivity index (χ2n) is 5.03. The van der Waals surface area contributed by atoms with Gasteiger partial charge in [0.2, 0.25) is 0 Å². The Balaban J connectivity index is 1.95. The number of hydrogen-bond donors (Lipinski definition) is 1. The minimum atomic E-state index is 0.351. The SMILES string of the molecule is CCNCC(COCc1ccccc1)c1ccccc1Br. The molecule has 0 bridgehead atoms. The van der Waals surface area contributed by atoms with Crippen LogP contribution in [-0.2, 0) is 11.3 Å². The van der Waals surface area contributed by atoms with Crippen LogP contribution < -0.4 is 5.32 Å². The van der Waals surface area contributed by atoms with Gasteiger partial charge in [0.25, 0.3) is 0 Å². The van der Waals surface area contributed by atoms with Gasteiger partial charge in [-0.3, -0.25) is 0 Å². The van der Waals surface area contributed by atoms with Crippen molar-refractivity contribution >= 4 is 15.9 Å². The number of hydrogen-bond acceptors (Lipinski definition) is 2. The molecule has 1 unspecified atom stereocenters. The van der Waals surface area contributed by atoms with Crippen molar-refractivity contribution in [1.29, 1.82) is 0 Å². The van der Waals surface area contributed by atoms with E-state index in [2.05, 4.69) is 58.5 Å². The Kier molecular flexibility index (Phi) is 6.93. The van der Waals surface area contributed by atoms with Gasteiger partial charge in [0.15, 0.2) is 0 Å². The molecule has 0 spiro atoms. The van der Waals surface area contributed by atoms with Crippen LogP contribution in [0, 0.1) is 0 Å². The second kappa shape index (κ2) is 8.98. The first-order valence-corrected chi connectivity index (χ1v) is 8.17. The quantitative estimate of drug-likeness (QED) is 0.765. The first-order chi connectivity index (χ1) is 10.3. The fourth-order valence-corrected chi connectivity index (χ4v) is 2.89. The summed E-state index contributed by atoms with van der Waals surface area (Å²) in [5, 5.41) is 3.42. The van der Waals surface area contributed by atoms with Gasteiger partial charge in [0.05, 0.1) is 13.2 Å². The van der Waals surface area contributed by atoms with Gasteiger partial charge in [-0.25, -0.2) is 0 Å². The van der Waals surface area contributed by atoms with Crippen LogP contribution in [0.3, 0.4) is 0 Å². The summed E-state index contributed by atoms with van der Waals surface area (Å²) in [5.74, 6) is 0.351. The van der Waals surface area contributed by atoms with Crippen molar-refractivity contribution in [3.05, 3.63) is 70.2 Å². The van der Waals surface area contributed by atoms with Crippen LogP contribution in [0.5, 0.6) is 0 Å². The van der Waals surface area contributed by atoms with Crippen LogP contribution in [-0.4, -0.2) is 19.7 Å². The summed E-state index contributed by atoms with van der Waals surface area (Å²) in [6.07, 6.45) is 0. The van der Waals surface area contributed by atoms with Gasteiger partial charge in [0.1, 0.15) is 0 Å². The molecule has 2 rings (SSSR count). The van der Waals surface area contributed by atoms with E-state index in [4.69, 9.17) is 4.74 Å². The second-order valence-corrected chi connectivity index (χ2v) is 5.88. The summed E-state index contributed by atoms with van der Waals surface area (Å²) in [4.78, 5) is 0. The van der Waals surface area contributed by atoms with Crippen molar-refractivity contribution in [2.45, 2.75) is 19.4 Å². The molecule has 1 N–H and O–H groups in total. The molecule has 2 nitrogen and oxygen atoms in total. The van der Waals surface area contributed by atoms with E-state index < -0.39 is 0 Å². The summed E-state index contributed by atoms with van der Waals surface area (Å²) in [6.45, 7) is 5.40. The average Bonchev–Trinajstić information content (AvgIpc) is 2.52. The van der Waals surface area contributed by atoms with Crippen molar-refractivity contribution in [3.63, 3.8) is 0 Å². The Hall–Kier alpha value is -1.16. The van der Waals surface area contributed by atoms with E-state index in [1.807, 2.05) is 24.3 Å². The molecule has 0 heterocycles. The average molecular weight is 348 g/mol. The van der Waals surface area contributed by atoms with Crippen LogP contribution >= 0.6 is 15.9 Å². The summed E-state index contributed by atoms with van der Waals surface area (Å²) < 4.78 is 7.08. The van der Waals surface area contributed by atoms with Gasteiger partial charge in [-0.1, -0.05) is 71.4 Å². The summed E-state index contributed by atoms with van der Waals surface area (Å²) in [7, 11) is 0. The highest BCUT2D eigenvalue weighted by atomic mass is 79.9. The fourth-order valence-electron chi connectivity index (χ4n) is 2.28. The lowest BCUT2D eigenvalue weighted by Gasteiger charge is -2.19. The largest absolute Gasteiger partial charge is 0.376 e. The Morgan fingerprint density at radius 1 is 1.05 bits per heavy atom. The van der Waals surface area contributed by atoms with Crippen molar-refractivity contribution < 1.29 is 4.74 Å². The summed E-state index contributed by atoms with van der Waals surface area (Å²) >= 11 is 3.64. The first-order valence-electron chi connectivity index (χ1n) is 7.38. The predicted octanol–water partition coefficient (Wildman–Crippen LogP) is 4.36. The van der Waals surface area contributed by atoms with E-state index in [-0.39, 0.29) is 0 Å². The maximum atomic E-state index is 5.93. The fraction of sp³-hybridized carbons (Fsp3) is 0.333. The highest BCUT2D eigenvalue weighted by molar-refractivity contribution is 9.10. The molecule has 2 aromatic carbocycles. The van der Waals surface area contributed by atoms with Crippen molar-refractivity contribution in [2.75, 3.05) is 19.7 Å². The molecule has 0 fully saturated rings. The van der Waals surface area contributed by atoms with Crippen LogP contribution in [0.2, 0.25) is 0 Å². The van der Waals surface area contributed by atoms with E-state index in [0.717, 1.165) is 17.6 Å². The monoisotopic (exact) mass is 347 g/mol. The van der Waals surface area contributed by atoms with Gasteiger partial charge in [-0.15, -0.1) is 0 Å². The Morgan fingerprint density at radius 3 is 2.48 bits per heavy atom. The number of likely N-dealkylation sites (N-methyl/N-ethyl adjacent to an activating group) is 1. The Labute approximate surface area is 135 Å². The number of halogens is 1. The van der Waals surface area contributed by atoms with E-state index in [0.29, 0.717) is 19.1 Å². The molecule has 0 radical (unpaired) electrons. The van der Waals surface area contributed by atoms with Crippen molar-refractivity contribution in [3.8, 4) is 0 Å². The minimum absolute atomic E-state index is 0.351. The zero-order valence-corrected chi connectivity index (χ0v) is 14.0. The van der Waals surface area contributed by atoms with Gasteiger partial charge in [0, 0.05) is 16.9 Å². The van der Waals surface area contributed by atoms with Gasteiger partial charge >= 0.3 is 0 Å². The number of nitrogens with one attached hydrogen (secondary N) is 1. The van der Waals surface area contributed by atoms with Crippen LogP contribution in [0.1, 0.15) is 24.0 Å². The molecule has 0 aliphatic carbocycles. The van der Waals surface area contributed by atoms with E-state index >= 15 is 0 Å². The lowest BCUT2D eigenvalue weighted by molar-refractivity contribution is 0.106. The smallest absolute Gasteiger partial charge is 0.0717 e. The van der Waals surface area contributed by atoms with Gasteiger partial charge in [-0.2, -0.15) is 0 Å². The highest BCUT2D eigenvalue weighted by Crippen LogP contribution is 2.25. The first kappa shape index (κ1) is 16.2. The summed E-state index contributed by atoms with van der Waals surface area (Å²) in [6, 6.07) is 18.7. The third-order valence-electron chi connectivity index (χ3n) is 3.42. The molecule has 0 aliphatic heterocycles. The Bertz CT molecular complexity index is 530. The third-order valence-corrected chi connectivity index (χ3v) is 4.14. The lowest BCUT2D eigenvalue weighted by atomic mass is 10.00. The molecular weight excluding hydrogens is 326 g/mol. The topological polar surface area (TPSA) is 21.3 Å². The molecule has 21 heavy (non-hydrogen) atoms. The molecule has 1 atom stereocenters. The maximum Gasteiger partial charge on any atom is 0.0717 e. The molecule has 0 saturated carbocycles. The van der Waals surface area contributed by atoms with Crippen LogP contribution in [0.25, 0.3) is 0 Å². The van der Waals surface area contributed by atoms with Gasteiger partial charge in [-0.05, 0) is 23.7 Å². The zero-order valence-electron chi connectivity index (χ0n) is 12.4. The molecule has 2 aromatic rings. The lowest BCUT2D eigenvalue weighted by Crippen LogP contribution is -2.24. The molecule has 3 heteroatoms. The standard InChI is InChI=1S/C18H22BrNO/c1-2-20-12-16(17-10-6-7-11-18(17)19)14-21-13-15-8-4-3-5-9-15/h3-11,16,20H,2,12-14H2,1H3. The third kappa shape index (κ3) is 5.27. The summed E-state index contributed by atoms with van der Waals surface area (Å²) in [5.41, 5.74) is 2.51. The number of benzene rings is 2. The molecule has 0 aromatic heterocycles. The van der Waals surface area contributed by atoms with Crippen molar-refractivity contribution in [2.24, 2.45) is 0 Å². The number of rotatable bonds is 8. The minimum Gasteiger partial charge on any atom is -0.376 e. The molecule has 0 saturated heterocycles. The van der Waals surface area contributed by atoms with Crippen LogP contribution in [0.15, 0.2) is 59.1 Å². The molecule has 0 amide bonds. The zero-order chi connectivity index (χ0) is 14.9. The van der Waals surface area contributed by atoms with Crippen LogP contribution in [0.4, 0.5) is 0 Å². The highest BCUT2D eigenvalue weighted by Gasteiger charge is 2.14. The number of ether oxygens (including phenoxy) is 1. The molecular formula is C18H22BrNO. The molecule has 0 aliphatic rings. The predicted molar refractivity (Wildman–Crippen MR) is 91.5 cm³/mol. The van der Waals surface area contributed by atoms with E-state index in [1.165, 1.54) is 11.1 Å². The van der Waals surface area contributed by atoms with E-state index in [1.54, 1.807) is 0 Å². The van der Waals surface area contributed by atoms with Gasteiger partial charge < -0.3 is 10.1 Å². The maximum absolute atomic E-state index is 5.93. The molecule has 112 valence electrons.